The van der Waals surface area contributed by atoms with Gasteiger partial charge in [0.1, 0.15) is 11.6 Å². The van der Waals surface area contributed by atoms with E-state index in [-0.39, 0.29) is 11.9 Å². The first-order valence-electron chi connectivity index (χ1n) is 7.51. The SMILES string of the molecule is C=C(C)C(=O)OCCCc1nc2ccc(OC(=O)CC)cc2[nH]1. The Balaban J connectivity index is 1.93. The smallest absolute Gasteiger partial charge is 0.333 e. The Morgan fingerprint density at radius 2 is 2.13 bits per heavy atom. The predicted octanol–water partition coefficient (Wildman–Crippen LogP) is 2.93. The molecule has 122 valence electrons. The number of imidazole rings is 1. The number of aromatic amines is 1. The molecule has 0 aliphatic rings. The highest BCUT2D eigenvalue weighted by atomic mass is 16.5. The van der Waals surface area contributed by atoms with E-state index in [0.29, 0.717) is 37.2 Å². The van der Waals surface area contributed by atoms with Crippen LogP contribution in [0.1, 0.15) is 32.5 Å². The monoisotopic (exact) mass is 316 g/mol. The molecule has 2 rings (SSSR count). The van der Waals surface area contributed by atoms with Gasteiger partial charge < -0.3 is 14.5 Å². The lowest BCUT2D eigenvalue weighted by atomic mass is 10.3. The minimum Gasteiger partial charge on any atom is -0.462 e. The van der Waals surface area contributed by atoms with Crippen molar-refractivity contribution in [2.24, 2.45) is 0 Å². The number of nitrogens with one attached hydrogen (secondary N) is 1. The molecular weight excluding hydrogens is 296 g/mol. The molecule has 1 aromatic carbocycles. The molecule has 0 radical (unpaired) electrons. The zero-order chi connectivity index (χ0) is 16.8. The summed E-state index contributed by atoms with van der Waals surface area (Å²) in [6.45, 7) is 7.21. The van der Waals surface area contributed by atoms with E-state index in [2.05, 4.69) is 16.5 Å². The number of rotatable bonds is 7. The number of ether oxygens (including phenoxy) is 2. The molecule has 0 spiro atoms. The largest absolute Gasteiger partial charge is 0.462 e. The number of benzene rings is 1. The van der Waals surface area contributed by atoms with Crippen LogP contribution in [0.2, 0.25) is 0 Å². The Bertz CT molecular complexity index is 733. The molecule has 1 heterocycles. The minimum atomic E-state index is -0.378. The van der Waals surface area contributed by atoms with Gasteiger partial charge in [-0.25, -0.2) is 9.78 Å². The van der Waals surface area contributed by atoms with Crippen LogP contribution < -0.4 is 4.74 Å². The van der Waals surface area contributed by atoms with Crippen LogP contribution in [0, 0.1) is 0 Å². The summed E-state index contributed by atoms with van der Waals surface area (Å²) in [6.07, 6.45) is 1.65. The lowest BCUT2D eigenvalue weighted by Crippen LogP contribution is -2.07. The number of aryl methyl sites for hydroxylation is 1. The molecule has 0 fully saturated rings. The second kappa shape index (κ2) is 7.58. The van der Waals surface area contributed by atoms with Crippen LogP contribution in [0.4, 0.5) is 0 Å². The molecule has 6 heteroatoms. The molecule has 0 bridgehead atoms. The number of carbonyl (C=O) groups is 2. The maximum Gasteiger partial charge on any atom is 0.333 e. The number of hydrogen-bond donors (Lipinski definition) is 1. The Labute approximate surface area is 134 Å². The minimum absolute atomic E-state index is 0.275. The second-order valence-electron chi connectivity index (χ2n) is 5.21. The molecular formula is C17H20N2O4. The Kier molecular flexibility index (Phi) is 5.51. The first-order valence-corrected chi connectivity index (χ1v) is 7.51. The molecule has 0 unspecified atom stereocenters. The molecule has 0 atom stereocenters. The summed E-state index contributed by atoms with van der Waals surface area (Å²) < 4.78 is 10.2. The molecule has 23 heavy (non-hydrogen) atoms. The molecule has 0 saturated carbocycles. The van der Waals surface area contributed by atoms with Crippen molar-refractivity contribution in [1.82, 2.24) is 9.97 Å². The van der Waals surface area contributed by atoms with E-state index >= 15 is 0 Å². The molecule has 1 N–H and O–H groups in total. The highest BCUT2D eigenvalue weighted by Gasteiger charge is 2.07. The summed E-state index contributed by atoms with van der Waals surface area (Å²) in [5.74, 6) is 0.640. The number of carbonyl (C=O) groups excluding carboxylic acids is 2. The zero-order valence-electron chi connectivity index (χ0n) is 13.3. The van der Waals surface area contributed by atoms with Crippen LogP contribution in [0.3, 0.4) is 0 Å². The van der Waals surface area contributed by atoms with Gasteiger partial charge in [-0.05, 0) is 25.5 Å². The predicted molar refractivity (Wildman–Crippen MR) is 86.1 cm³/mol. The molecule has 6 nitrogen and oxygen atoms in total. The van der Waals surface area contributed by atoms with Crippen molar-refractivity contribution in [1.29, 1.82) is 0 Å². The standard InChI is InChI=1S/C17H20N2O4/c1-4-16(20)23-12-7-8-13-14(10-12)19-15(18-13)6-5-9-22-17(21)11(2)3/h7-8,10H,2,4-6,9H2,1,3H3,(H,18,19). The van der Waals surface area contributed by atoms with Crippen LogP contribution in [0.25, 0.3) is 11.0 Å². The number of nitrogens with zero attached hydrogens (tertiary/aromatic N) is 1. The van der Waals surface area contributed by atoms with E-state index in [9.17, 15) is 9.59 Å². The highest BCUT2D eigenvalue weighted by molar-refractivity contribution is 5.86. The molecule has 2 aromatic rings. The van der Waals surface area contributed by atoms with Crippen molar-refractivity contribution >= 4 is 23.0 Å². The van der Waals surface area contributed by atoms with Crippen molar-refractivity contribution in [3.63, 3.8) is 0 Å². The normalized spacial score (nSPS) is 10.5. The Morgan fingerprint density at radius 3 is 2.83 bits per heavy atom. The zero-order valence-corrected chi connectivity index (χ0v) is 13.3. The summed E-state index contributed by atoms with van der Waals surface area (Å²) in [5, 5.41) is 0. The molecule has 0 saturated heterocycles. The third kappa shape index (κ3) is 4.67. The Hall–Kier alpha value is -2.63. The fraction of sp³-hybridized carbons (Fsp3) is 0.353. The van der Waals surface area contributed by atoms with Gasteiger partial charge in [-0.15, -0.1) is 0 Å². The third-order valence-electron chi connectivity index (χ3n) is 3.16. The second-order valence-corrected chi connectivity index (χ2v) is 5.21. The van der Waals surface area contributed by atoms with Gasteiger partial charge in [-0.3, -0.25) is 4.79 Å². The maximum absolute atomic E-state index is 11.3. The van der Waals surface area contributed by atoms with E-state index in [0.717, 1.165) is 16.9 Å². The quantitative estimate of drug-likeness (QED) is 0.367. The van der Waals surface area contributed by atoms with Crippen molar-refractivity contribution in [2.45, 2.75) is 33.1 Å². The number of hydrogen-bond acceptors (Lipinski definition) is 5. The van der Waals surface area contributed by atoms with Gasteiger partial charge in [-0.1, -0.05) is 13.5 Å². The summed E-state index contributed by atoms with van der Waals surface area (Å²) in [7, 11) is 0. The number of H-pyrrole nitrogens is 1. The summed E-state index contributed by atoms with van der Waals surface area (Å²) in [5.41, 5.74) is 2.00. The maximum atomic E-state index is 11.3. The summed E-state index contributed by atoms with van der Waals surface area (Å²) in [4.78, 5) is 30.2. The van der Waals surface area contributed by atoms with E-state index in [4.69, 9.17) is 9.47 Å². The van der Waals surface area contributed by atoms with Crippen LogP contribution >= 0.6 is 0 Å². The van der Waals surface area contributed by atoms with Gasteiger partial charge in [0.25, 0.3) is 0 Å². The summed E-state index contributed by atoms with van der Waals surface area (Å²) >= 11 is 0. The number of aromatic nitrogens is 2. The van der Waals surface area contributed by atoms with Crippen molar-refractivity contribution < 1.29 is 19.1 Å². The van der Waals surface area contributed by atoms with Gasteiger partial charge in [-0.2, -0.15) is 0 Å². The first-order chi connectivity index (χ1) is 11.0. The first kappa shape index (κ1) is 16.7. The van der Waals surface area contributed by atoms with Gasteiger partial charge in [0, 0.05) is 24.5 Å². The average Bonchev–Trinajstić information content (AvgIpc) is 2.93. The molecule has 0 aliphatic carbocycles. The van der Waals surface area contributed by atoms with E-state index in [1.807, 2.05) is 0 Å². The lowest BCUT2D eigenvalue weighted by molar-refractivity contribution is -0.139. The van der Waals surface area contributed by atoms with E-state index < -0.39 is 0 Å². The Morgan fingerprint density at radius 1 is 1.35 bits per heavy atom. The van der Waals surface area contributed by atoms with Gasteiger partial charge in [0.15, 0.2) is 0 Å². The molecule has 1 aromatic heterocycles. The summed E-state index contributed by atoms with van der Waals surface area (Å²) in [6, 6.07) is 5.27. The van der Waals surface area contributed by atoms with E-state index in [1.165, 1.54) is 0 Å². The highest BCUT2D eigenvalue weighted by Crippen LogP contribution is 2.20. The fourth-order valence-corrected chi connectivity index (χ4v) is 1.95. The third-order valence-corrected chi connectivity index (χ3v) is 3.16. The van der Waals surface area contributed by atoms with Crippen LogP contribution in [0.15, 0.2) is 30.4 Å². The van der Waals surface area contributed by atoms with Crippen LogP contribution in [-0.4, -0.2) is 28.5 Å². The van der Waals surface area contributed by atoms with Gasteiger partial charge >= 0.3 is 11.9 Å². The molecule has 0 amide bonds. The van der Waals surface area contributed by atoms with Crippen LogP contribution in [-0.2, 0) is 20.7 Å². The lowest BCUT2D eigenvalue weighted by Gasteiger charge is -2.02. The van der Waals surface area contributed by atoms with Crippen molar-refractivity contribution in [3.8, 4) is 5.75 Å². The van der Waals surface area contributed by atoms with Gasteiger partial charge in [0.05, 0.1) is 17.6 Å². The topological polar surface area (TPSA) is 81.3 Å². The number of fused-ring (bicyclic) bond motifs is 1. The molecule has 0 aliphatic heterocycles. The van der Waals surface area contributed by atoms with Crippen molar-refractivity contribution in [3.05, 3.63) is 36.2 Å². The van der Waals surface area contributed by atoms with Crippen molar-refractivity contribution in [2.75, 3.05) is 6.61 Å². The number of esters is 2. The van der Waals surface area contributed by atoms with Gasteiger partial charge in [0.2, 0.25) is 0 Å². The van der Waals surface area contributed by atoms with E-state index in [1.54, 1.807) is 32.0 Å². The van der Waals surface area contributed by atoms with Crippen LogP contribution in [0.5, 0.6) is 5.75 Å². The average molecular weight is 316 g/mol. The fourth-order valence-electron chi connectivity index (χ4n) is 1.95.